The Bertz CT molecular complexity index is 451. The zero-order chi connectivity index (χ0) is 14.4. The minimum Gasteiger partial charge on any atom is -0.466 e. The molecule has 2 fully saturated rings. The lowest BCUT2D eigenvalue weighted by Crippen LogP contribution is -2.75. The Morgan fingerprint density at radius 2 is 2.16 bits per heavy atom. The summed E-state index contributed by atoms with van der Waals surface area (Å²) in [6, 6.07) is 0. The Morgan fingerprint density at radius 1 is 1.53 bits per heavy atom. The molecule has 0 saturated carbocycles. The number of ether oxygens (including phenoxy) is 1. The molecule has 0 aromatic heterocycles. The highest BCUT2D eigenvalue weighted by Crippen LogP contribution is 2.55. The van der Waals surface area contributed by atoms with Crippen molar-refractivity contribution in [1.82, 2.24) is 10.2 Å². The number of fused-ring (bicyclic) bond motifs is 1. The van der Waals surface area contributed by atoms with E-state index in [4.69, 9.17) is 4.74 Å². The molecule has 7 heteroatoms. The van der Waals surface area contributed by atoms with Crippen LogP contribution in [0.3, 0.4) is 0 Å². The van der Waals surface area contributed by atoms with Gasteiger partial charge in [0.1, 0.15) is 0 Å². The van der Waals surface area contributed by atoms with Gasteiger partial charge in [0.25, 0.3) is 0 Å². The quantitative estimate of drug-likeness (QED) is 0.603. The van der Waals surface area contributed by atoms with Gasteiger partial charge in [-0.25, -0.2) is 4.79 Å². The van der Waals surface area contributed by atoms with E-state index in [0.717, 1.165) is 0 Å². The Hall–Kier alpha value is -1.24. The maximum atomic E-state index is 12.3. The number of nitrogens with one attached hydrogen (secondary N) is 1. The van der Waals surface area contributed by atoms with Gasteiger partial charge < -0.3 is 10.1 Å². The Kier molecular flexibility index (Phi) is 3.28. The zero-order valence-electron chi connectivity index (χ0n) is 11.5. The summed E-state index contributed by atoms with van der Waals surface area (Å²) in [5.74, 6) is -1.01. The van der Waals surface area contributed by atoms with E-state index < -0.39 is 16.4 Å². The fourth-order valence-corrected chi connectivity index (χ4v) is 4.33. The van der Waals surface area contributed by atoms with E-state index >= 15 is 0 Å². The number of thioether (sulfide) groups is 1. The second-order valence-electron chi connectivity index (χ2n) is 5.15. The maximum absolute atomic E-state index is 12.3. The molecule has 2 heterocycles. The molecule has 0 radical (unpaired) electrons. The highest BCUT2D eigenvalue weighted by atomic mass is 32.2. The minimum atomic E-state index is -1.40. The number of nitrogens with zero attached hydrogens (tertiary/aromatic N) is 1. The lowest BCUT2D eigenvalue weighted by atomic mass is 9.89. The molecule has 1 N–H and O–H groups in total. The van der Waals surface area contributed by atoms with Crippen molar-refractivity contribution in [2.45, 2.75) is 49.4 Å². The molecular weight excluding hydrogens is 268 g/mol. The monoisotopic (exact) mass is 286 g/mol. The summed E-state index contributed by atoms with van der Waals surface area (Å²) in [6.07, 6.45) is 0.640. The molecule has 2 atom stereocenters. The Labute approximate surface area is 116 Å². The van der Waals surface area contributed by atoms with Crippen molar-refractivity contribution < 1.29 is 19.1 Å². The second-order valence-corrected chi connectivity index (χ2v) is 6.95. The van der Waals surface area contributed by atoms with Gasteiger partial charge in [0.15, 0.2) is 0 Å². The highest BCUT2D eigenvalue weighted by Gasteiger charge is 2.70. The van der Waals surface area contributed by atoms with Gasteiger partial charge in [0.05, 0.1) is 23.7 Å². The number of carbonyl (C=O) groups excluding carboxylic acids is 3. The minimum absolute atomic E-state index is 0.0706. The van der Waals surface area contributed by atoms with Crippen LogP contribution in [0.2, 0.25) is 0 Å². The molecule has 0 aromatic rings. The second kappa shape index (κ2) is 4.40. The van der Waals surface area contributed by atoms with Crippen LogP contribution < -0.4 is 5.32 Å². The van der Waals surface area contributed by atoms with Crippen LogP contribution in [0.5, 0.6) is 0 Å². The average molecular weight is 286 g/mol. The van der Waals surface area contributed by atoms with E-state index in [-0.39, 0.29) is 23.6 Å². The summed E-state index contributed by atoms with van der Waals surface area (Å²) in [7, 11) is 1.26. The van der Waals surface area contributed by atoms with Gasteiger partial charge in [0.2, 0.25) is 17.5 Å². The van der Waals surface area contributed by atoms with Gasteiger partial charge in [-0.15, -0.1) is 11.8 Å². The van der Waals surface area contributed by atoms with Crippen LogP contribution in [0.1, 0.15) is 33.6 Å². The van der Waals surface area contributed by atoms with Crippen molar-refractivity contribution in [3.05, 3.63) is 0 Å². The summed E-state index contributed by atoms with van der Waals surface area (Å²) < 4.78 is 4.22. The van der Waals surface area contributed by atoms with Gasteiger partial charge in [-0.2, -0.15) is 0 Å². The molecule has 19 heavy (non-hydrogen) atoms. The van der Waals surface area contributed by atoms with Crippen LogP contribution in [0.15, 0.2) is 0 Å². The molecule has 0 spiro atoms. The van der Waals surface area contributed by atoms with Gasteiger partial charge in [-0.1, -0.05) is 6.92 Å². The number of hydrogen-bond donors (Lipinski definition) is 1. The molecule has 1 unspecified atom stereocenters. The number of β-lactam (4-membered cyclic amide) rings is 1. The third-order valence-electron chi connectivity index (χ3n) is 3.69. The van der Waals surface area contributed by atoms with Crippen LogP contribution >= 0.6 is 11.8 Å². The van der Waals surface area contributed by atoms with E-state index in [2.05, 4.69) is 5.32 Å². The van der Waals surface area contributed by atoms with Gasteiger partial charge in [-0.3, -0.25) is 14.5 Å². The van der Waals surface area contributed by atoms with Crippen molar-refractivity contribution in [1.29, 1.82) is 0 Å². The summed E-state index contributed by atoms with van der Waals surface area (Å²) in [4.78, 5) is 37.4. The maximum Gasteiger partial charge on any atom is 0.354 e. The van der Waals surface area contributed by atoms with Crippen LogP contribution in [-0.2, 0) is 19.1 Å². The molecule has 2 aliphatic rings. The predicted octanol–water partition coefficient (Wildman–Crippen LogP) is 0.466. The molecule has 2 rings (SSSR count). The molecule has 2 amide bonds. The molecular formula is C12H18N2O4S. The lowest BCUT2D eigenvalue weighted by Gasteiger charge is -2.47. The molecule has 0 bridgehead atoms. The third kappa shape index (κ3) is 1.74. The van der Waals surface area contributed by atoms with Crippen LogP contribution in [0.25, 0.3) is 0 Å². The number of rotatable bonds is 3. The number of hydrogen-bond acceptors (Lipinski definition) is 5. The van der Waals surface area contributed by atoms with Gasteiger partial charge >= 0.3 is 5.97 Å². The molecule has 2 saturated heterocycles. The number of esters is 1. The number of methoxy groups -OCH3 is 1. The van der Waals surface area contributed by atoms with Gasteiger partial charge in [-0.05, 0) is 13.8 Å². The summed E-state index contributed by atoms with van der Waals surface area (Å²) in [6.45, 7) is 5.39. The first-order valence-electron chi connectivity index (χ1n) is 6.19. The van der Waals surface area contributed by atoms with E-state index in [1.165, 1.54) is 23.8 Å². The average Bonchev–Trinajstić information content (AvgIpc) is 2.52. The van der Waals surface area contributed by atoms with Gasteiger partial charge in [0, 0.05) is 6.42 Å². The van der Waals surface area contributed by atoms with Crippen LogP contribution in [0, 0.1) is 0 Å². The standard InChI is InChI=1S/C12H18N2O4S/c1-5-7(15)13-12(10(17)18-4)11(2,3)19-9-6-8(16)14(9)12/h9H,5-6H2,1-4H3,(H,13,15)/t9-,12?/m1/s1. The first kappa shape index (κ1) is 14.2. The fraction of sp³-hybridized carbons (Fsp3) is 0.750. The number of amides is 2. The Balaban J connectivity index is 2.48. The molecule has 106 valence electrons. The summed E-state index contributed by atoms with van der Waals surface area (Å²) in [5, 5.41) is 2.65. The summed E-state index contributed by atoms with van der Waals surface area (Å²) >= 11 is 1.51. The third-order valence-corrected chi connectivity index (χ3v) is 5.23. The molecule has 0 aliphatic carbocycles. The van der Waals surface area contributed by atoms with Crippen molar-refractivity contribution in [2.24, 2.45) is 0 Å². The van der Waals surface area contributed by atoms with Crippen molar-refractivity contribution in [3.63, 3.8) is 0 Å². The van der Waals surface area contributed by atoms with E-state index in [9.17, 15) is 14.4 Å². The largest absolute Gasteiger partial charge is 0.466 e. The van der Waals surface area contributed by atoms with Crippen molar-refractivity contribution in [3.8, 4) is 0 Å². The van der Waals surface area contributed by atoms with E-state index in [1.54, 1.807) is 6.92 Å². The van der Waals surface area contributed by atoms with E-state index in [1.807, 2.05) is 13.8 Å². The Morgan fingerprint density at radius 3 is 2.63 bits per heavy atom. The topological polar surface area (TPSA) is 75.7 Å². The smallest absolute Gasteiger partial charge is 0.354 e. The highest BCUT2D eigenvalue weighted by molar-refractivity contribution is 8.01. The molecule has 2 aliphatic heterocycles. The predicted molar refractivity (Wildman–Crippen MR) is 70.1 cm³/mol. The van der Waals surface area contributed by atoms with Crippen LogP contribution in [0.4, 0.5) is 0 Å². The summed E-state index contributed by atoms with van der Waals surface area (Å²) in [5.41, 5.74) is -1.40. The molecule has 0 aromatic carbocycles. The molecule has 6 nitrogen and oxygen atoms in total. The SMILES string of the molecule is CCC(=O)NC1(C(=O)OC)N2C(=O)C[C@H]2SC1(C)C. The normalized spacial score (nSPS) is 31.5. The fourth-order valence-electron chi connectivity index (χ4n) is 2.64. The van der Waals surface area contributed by atoms with Crippen molar-refractivity contribution >= 4 is 29.5 Å². The zero-order valence-corrected chi connectivity index (χ0v) is 12.3. The van der Waals surface area contributed by atoms with Crippen LogP contribution in [-0.4, -0.2) is 45.6 Å². The number of carbonyl (C=O) groups is 3. The van der Waals surface area contributed by atoms with E-state index in [0.29, 0.717) is 6.42 Å². The first-order chi connectivity index (χ1) is 8.80. The first-order valence-corrected chi connectivity index (χ1v) is 7.07. The lowest BCUT2D eigenvalue weighted by molar-refractivity contribution is -0.175. The van der Waals surface area contributed by atoms with Crippen molar-refractivity contribution in [2.75, 3.05) is 7.11 Å².